The molecule has 2 aromatic heterocycles. The Morgan fingerprint density at radius 2 is 1.75 bits per heavy atom. The van der Waals surface area contributed by atoms with Gasteiger partial charge in [0.25, 0.3) is 0 Å². The summed E-state index contributed by atoms with van der Waals surface area (Å²) in [5, 5.41) is 6.22. The fraction of sp³-hybridized carbons (Fsp3) is 0.478. The molecule has 1 aliphatic carbocycles. The van der Waals surface area contributed by atoms with Gasteiger partial charge in [-0.25, -0.2) is 4.98 Å². The van der Waals surface area contributed by atoms with E-state index in [2.05, 4.69) is 20.1 Å². The van der Waals surface area contributed by atoms with Gasteiger partial charge in [-0.2, -0.15) is 9.97 Å². The second-order valence-electron chi connectivity index (χ2n) is 8.47. The fourth-order valence-electron chi connectivity index (χ4n) is 4.50. The lowest BCUT2D eigenvalue weighted by atomic mass is 9.95. The number of carbonyl (C=O) groups is 1. The Morgan fingerprint density at radius 1 is 1.03 bits per heavy atom. The van der Waals surface area contributed by atoms with Gasteiger partial charge in [-0.05, 0) is 37.1 Å². The number of rotatable bonds is 5. The van der Waals surface area contributed by atoms with Gasteiger partial charge in [0, 0.05) is 37.4 Å². The van der Waals surface area contributed by atoms with E-state index in [1.807, 2.05) is 30.6 Å². The summed E-state index contributed by atoms with van der Waals surface area (Å²) in [4.78, 5) is 28.0. The topological polar surface area (TPSA) is 97.2 Å². The lowest BCUT2D eigenvalue weighted by Gasteiger charge is -2.27. The minimum absolute atomic E-state index is 0.0911. The average molecular weight is 436 g/mol. The number of nitrogens with one attached hydrogen (secondary N) is 2. The molecule has 0 radical (unpaired) electrons. The first-order chi connectivity index (χ1) is 15.7. The smallest absolute Gasteiger partial charge is 0.229 e. The first kappa shape index (κ1) is 20.7. The summed E-state index contributed by atoms with van der Waals surface area (Å²) in [5.74, 6) is 1.31. The van der Waals surface area contributed by atoms with Crippen LogP contribution in [0.1, 0.15) is 45.1 Å². The van der Waals surface area contributed by atoms with Crippen molar-refractivity contribution in [2.24, 2.45) is 0 Å². The molecule has 9 nitrogen and oxygen atoms in total. The quantitative estimate of drug-likeness (QED) is 0.628. The second-order valence-corrected chi connectivity index (χ2v) is 8.47. The standard InChI is InChI=1S/C23H29N7O2/c1-16(31)25-17-7-9-18(10-8-17)26-21-20-22(28-23(27-21)29-11-13-32-14-12-29)30(15-24-20)19-5-3-2-4-6-19/h7-10,15,19H,2-6,11-14H2,1H3,(H,25,31)(H,26,27,28). The number of ether oxygens (including phenoxy) is 1. The Hall–Kier alpha value is -3.20. The molecule has 5 rings (SSSR count). The van der Waals surface area contributed by atoms with Gasteiger partial charge in [-0.15, -0.1) is 0 Å². The van der Waals surface area contributed by atoms with Crippen molar-refractivity contribution in [3.63, 3.8) is 0 Å². The summed E-state index contributed by atoms with van der Waals surface area (Å²) < 4.78 is 7.76. The fourth-order valence-corrected chi connectivity index (χ4v) is 4.50. The van der Waals surface area contributed by atoms with Crippen molar-refractivity contribution in [2.75, 3.05) is 41.8 Å². The van der Waals surface area contributed by atoms with Crippen LogP contribution < -0.4 is 15.5 Å². The van der Waals surface area contributed by atoms with Gasteiger partial charge in [-0.3, -0.25) is 4.79 Å². The Labute approximate surface area is 187 Å². The largest absolute Gasteiger partial charge is 0.378 e. The second kappa shape index (κ2) is 9.12. The number of imidazole rings is 1. The molecule has 3 aromatic rings. The van der Waals surface area contributed by atoms with Crippen LogP contribution in [0.5, 0.6) is 0 Å². The highest BCUT2D eigenvalue weighted by Gasteiger charge is 2.23. The number of amides is 1. The number of benzene rings is 1. The Balaban J connectivity index is 1.51. The minimum atomic E-state index is -0.0911. The number of hydrogen-bond donors (Lipinski definition) is 2. The highest BCUT2D eigenvalue weighted by molar-refractivity contribution is 5.89. The number of aromatic nitrogens is 4. The van der Waals surface area contributed by atoms with E-state index in [4.69, 9.17) is 19.7 Å². The van der Waals surface area contributed by atoms with Gasteiger partial charge in [-0.1, -0.05) is 19.3 Å². The molecule has 1 amide bonds. The molecule has 1 saturated heterocycles. The molecule has 32 heavy (non-hydrogen) atoms. The molecule has 168 valence electrons. The zero-order valence-corrected chi connectivity index (χ0v) is 18.4. The third kappa shape index (κ3) is 4.38. The monoisotopic (exact) mass is 435 g/mol. The third-order valence-electron chi connectivity index (χ3n) is 6.14. The van der Waals surface area contributed by atoms with E-state index in [9.17, 15) is 4.79 Å². The number of anilines is 4. The van der Waals surface area contributed by atoms with Gasteiger partial charge in [0.15, 0.2) is 17.0 Å². The highest BCUT2D eigenvalue weighted by Crippen LogP contribution is 2.33. The normalized spacial score (nSPS) is 17.5. The Morgan fingerprint density at radius 3 is 2.47 bits per heavy atom. The minimum Gasteiger partial charge on any atom is -0.378 e. The molecule has 0 atom stereocenters. The van der Waals surface area contributed by atoms with Gasteiger partial charge >= 0.3 is 0 Å². The summed E-state index contributed by atoms with van der Waals surface area (Å²) in [6.07, 6.45) is 8.04. The maximum absolute atomic E-state index is 11.3. The number of morpholine rings is 1. The van der Waals surface area contributed by atoms with Crippen molar-refractivity contribution in [1.82, 2.24) is 19.5 Å². The summed E-state index contributed by atoms with van der Waals surface area (Å²) in [6.45, 7) is 4.40. The molecule has 9 heteroatoms. The van der Waals surface area contributed by atoms with Gasteiger partial charge in [0.1, 0.15) is 0 Å². The molecule has 2 N–H and O–H groups in total. The van der Waals surface area contributed by atoms with Crippen molar-refractivity contribution < 1.29 is 9.53 Å². The van der Waals surface area contributed by atoms with Crippen LogP contribution in [0.15, 0.2) is 30.6 Å². The number of hydrogen-bond acceptors (Lipinski definition) is 7. The molecule has 0 spiro atoms. The van der Waals surface area contributed by atoms with E-state index in [1.54, 1.807) is 0 Å². The predicted molar refractivity (Wildman–Crippen MR) is 125 cm³/mol. The van der Waals surface area contributed by atoms with E-state index < -0.39 is 0 Å². The molecule has 1 saturated carbocycles. The van der Waals surface area contributed by atoms with Crippen LogP contribution in [-0.2, 0) is 9.53 Å². The summed E-state index contributed by atoms with van der Waals surface area (Å²) in [5.41, 5.74) is 3.29. The summed E-state index contributed by atoms with van der Waals surface area (Å²) >= 11 is 0. The summed E-state index contributed by atoms with van der Waals surface area (Å²) in [7, 11) is 0. The molecule has 2 aliphatic rings. The lowest BCUT2D eigenvalue weighted by molar-refractivity contribution is -0.114. The SMILES string of the molecule is CC(=O)Nc1ccc(Nc2nc(N3CCOCC3)nc3c2ncn3C2CCCCC2)cc1. The summed E-state index contributed by atoms with van der Waals surface area (Å²) in [6, 6.07) is 8.01. The Bertz CT molecular complexity index is 1080. The van der Waals surface area contributed by atoms with Crippen molar-refractivity contribution in [3.05, 3.63) is 30.6 Å². The number of nitrogens with zero attached hydrogens (tertiary/aromatic N) is 5. The van der Waals surface area contributed by atoms with Crippen LogP contribution in [0.4, 0.5) is 23.1 Å². The van der Waals surface area contributed by atoms with E-state index in [-0.39, 0.29) is 5.91 Å². The van der Waals surface area contributed by atoms with Gasteiger partial charge in [0.05, 0.1) is 19.5 Å². The molecule has 1 aromatic carbocycles. The number of fused-ring (bicyclic) bond motifs is 1. The van der Waals surface area contributed by atoms with Crippen LogP contribution in [-0.4, -0.2) is 51.7 Å². The molecule has 2 fully saturated rings. The van der Waals surface area contributed by atoms with Crippen molar-refractivity contribution in [2.45, 2.75) is 45.1 Å². The molecular formula is C23H29N7O2. The molecule has 0 bridgehead atoms. The number of carbonyl (C=O) groups excluding carboxylic acids is 1. The zero-order valence-electron chi connectivity index (χ0n) is 18.4. The lowest BCUT2D eigenvalue weighted by Crippen LogP contribution is -2.37. The van der Waals surface area contributed by atoms with Crippen LogP contribution in [0.25, 0.3) is 11.2 Å². The zero-order chi connectivity index (χ0) is 21.9. The van der Waals surface area contributed by atoms with Crippen molar-refractivity contribution in [3.8, 4) is 0 Å². The van der Waals surface area contributed by atoms with E-state index in [1.165, 1.54) is 26.2 Å². The molecule has 3 heterocycles. The average Bonchev–Trinajstić information content (AvgIpc) is 3.25. The van der Waals surface area contributed by atoms with Crippen LogP contribution >= 0.6 is 0 Å². The van der Waals surface area contributed by atoms with Crippen LogP contribution in [0.3, 0.4) is 0 Å². The van der Waals surface area contributed by atoms with Crippen molar-refractivity contribution >= 4 is 40.2 Å². The maximum Gasteiger partial charge on any atom is 0.229 e. The highest BCUT2D eigenvalue weighted by atomic mass is 16.5. The van der Waals surface area contributed by atoms with Gasteiger partial charge in [0.2, 0.25) is 11.9 Å². The van der Waals surface area contributed by atoms with E-state index in [0.717, 1.165) is 48.5 Å². The maximum atomic E-state index is 11.3. The van der Waals surface area contributed by atoms with Crippen LogP contribution in [0, 0.1) is 0 Å². The van der Waals surface area contributed by atoms with Crippen molar-refractivity contribution in [1.29, 1.82) is 0 Å². The van der Waals surface area contributed by atoms with E-state index >= 15 is 0 Å². The molecular weight excluding hydrogens is 406 g/mol. The van der Waals surface area contributed by atoms with Crippen LogP contribution in [0.2, 0.25) is 0 Å². The molecule has 0 unspecified atom stereocenters. The van der Waals surface area contributed by atoms with E-state index in [0.29, 0.717) is 31.0 Å². The predicted octanol–water partition coefficient (Wildman–Crippen LogP) is 3.87. The first-order valence-electron chi connectivity index (χ1n) is 11.4. The third-order valence-corrected chi connectivity index (χ3v) is 6.14. The first-order valence-corrected chi connectivity index (χ1v) is 11.4. The van der Waals surface area contributed by atoms with Gasteiger partial charge < -0.3 is 24.8 Å². The Kier molecular flexibility index (Phi) is 5.89. The molecule has 1 aliphatic heterocycles.